The summed E-state index contributed by atoms with van der Waals surface area (Å²) in [6.45, 7) is 4.68. The molecule has 3 N–H and O–H groups in total. The zero-order chi connectivity index (χ0) is 22.2. The van der Waals surface area contributed by atoms with Crippen LogP contribution in [0, 0.1) is 0 Å². The third kappa shape index (κ3) is 4.48. The lowest BCUT2D eigenvalue weighted by Gasteiger charge is -2.31. The SMILES string of the molecule is CC1(C)Cc2cc(NC(=O)C(=CN)c3ncccn3)c(N3CCS(=O)(=O)CC3)cc2O1. The summed E-state index contributed by atoms with van der Waals surface area (Å²) in [5.41, 5.74) is 7.74. The summed E-state index contributed by atoms with van der Waals surface area (Å²) in [4.78, 5) is 23.2. The van der Waals surface area contributed by atoms with Gasteiger partial charge >= 0.3 is 0 Å². The van der Waals surface area contributed by atoms with Crippen LogP contribution in [-0.4, -0.2) is 54.5 Å². The third-order valence-corrected chi connectivity index (χ3v) is 6.94. The normalized spacial score (nSPS) is 19.4. The van der Waals surface area contributed by atoms with Crippen LogP contribution in [0.15, 0.2) is 36.8 Å². The zero-order valence-corrected chi connectivity index (χ0v) is 18.3. The molecule has 2 aliphatic rings. The number of nitrogens with two attached hydrogens (primary N) is 1. The molecule has 0 bridgehead atoms. The number of aromatic nitrogens is 2. The lowest BCUT2D eigenvalue weighted by atomic mass is 10.0. The standard InChI is InChI=1S/C21H25N5O4S/c1-21(2)12-14-10-16(25-20(27)15(13-22)19-23-4-3-5-24-19)17(11-18(14)30-21)26-6-8-31(28,29)9-7-26/h3-5,10-11,13H,6-9,12,22H2,1-2H3,(H,25,27). The number of anilines is 2. The molecule has 0 aliphatic carbocycles. The van der Waals surface area contributed by atoms with Gasteiger partial charge in [-0.05, 0) is 26.0 Å². The Hall–Kier alpha value is -3.14. The van der Waals surface area contributed by atoms with E-state index in [1.807, 2.05) is 30.9 Å². The molecular weight excluding hydrogens is 418 g/mol. The van der Waals surface area contributed by atoms with E-state index in [0.717, 1.165) is 11.3 Å². The maximum atomic E-state index is 13.0. The van der Waals surface area contributed by atoms with Crippen molar-refractivity contribution in [2.75, 3.05) is 34.8 Å². The molecule has 0 atom stereocenters. The van der Waals surface area contributed by atoms with Crippen molar-refractivity contribution >= 4 is 32.7 Å². The largest absolute Gasteiger partial charge is 0.487 e. The number of carbonyl (C=O) groups is 1. The van der Waals surface area contributed by atoms with Gasteiger partial charge in [-0.3, -0.25) is 4.79 Å². The van der Waals surface area contributed by atoms with Gasteiger partial charge in [0, 0.05) is 49.7 Å². The van der Waals surface area contributed by atoms with E-state index >= 15 is 0 Å². The molecule has 0 unspecified atom stereocenters. The molecule has 31 heavy (non-hydrogen) atoms. The summed E-state index contributed by atoms with van der Waals surface area (Å²) in [5, 5.41) is 2.92. The van der Waals surface area contributed by atoms with Crippen molar-refractivity contribution in [1.29, 1.82) is 0 Å². The van der Waals surface area contributed by atoms with Crippen molar-refractivity contribution < 1.29 is 17.9 Å². The van der Waals surface area contributed by atoms with Crippen molar-refractivity contribution in [1.82, 2.24) is 9.97 Å². The predicted molar refractivity (Wildman–Crippen MR) is 119 cm³/mol. The average Bonchev–Trinajstić information content (AvgIpc) is 3.02. The highest BCUT2D eigenvalue weighted by Crippen LogP contribution is 2.42. The van der Waals surface area contributed by atoms with Crippen molar-refractivity contribution in [2.24, 2.45) is 5.73 Å². The zero-order valence-electron chi connectivity index (χ0n) is 17.5. The second-order valence-electron chi connectivity index (χ2n) is 8.26. The van der Waals surface area contributed by atoms with Crippen LogP contribution in [0.25, 0.3) is 5.57 Å². The van der Waals surface area contributed by atoms with Crippen molar-refractivity contribution in [3.05, 3.63) is 48.2 Å². The van der Waals surface area contributed by atoms with Crippen LogP contribution in [0.5, 0.6) is 5.75 Å². The second-order valence-corrected chi connectivity index (χ2v) is 10.6. The molecule has 0 spiro atoms. The van der Waals surface area contributed by atoms with Gasteiger partial charge in [-0.2, -0.15) is 0 Å². The Labute approximate surface area is 181 Å². The molecule has 3 heterocycles. The Bertz CT molecular complexity index is 1130. The average molecular weight is 444 g/mol. The first-order valence-corrected chi connectivity index (χ1v) is 11.8. The fourth-order valence-corrected chi connectivity index (χ4v) is 5.04. The van der Waals surface area contributed by atoms with Crippen LogP contribution in [-0.2, 0) is 21.1 Å². The van der Waals surface area contributed by atoms with Gasteiger partial charge in [0.25, 0.3) is 5.91 Å². The minimum absolute atomic E-state index is 0.0651. The Morgan fingerprint density at radius 3 is 2.55 bits per heavy atom. The molecule has 9 nitrogen and oxygen atoms in total. The molecule has 2 aliphatic heterocycles. The fourth-order valence-electron chi connectivity index (χ4n) is 3.83. The maximum Gasteiger partial charge on any atom is 0.261 e. The number of nitrogens with one attached hydrogen (secondary N) is 1. The molecule has 4 rings (SSSR count). The van der Waals surface area contributed by atoms with Gasteiger partial charge in [-0.25, -0.2) is 18.4 Å². The first-order chi connectivity index (χ1) is 14.7. The van der Waals surface area contributed by atoms with E-state index in [9.17, 15) is 13.2 Å². The quantitative estimate of drug-likeness (QED) is 0.678. The van der Waals surface area contributed by atoms with E-state index < -0.39 is 15.7 Å². The highest BCUT2D eigenvalue weighted by molar-refractivity contribution is 7.91. The summed E-state index contributed by atoms with van der Waals surface area (Å²) >= 11 is 0. The van der Waals surface area contributed by atoms with Crippen LogP contribution in [0.4, 0.5) is 11.4 Å². The van der Waals surface area contributed by atoms with Gasteiger partial charge in [0.15, 0.2) is 15.7 Å². The first kappa shape index (κ1) is 21.1. The van der Waals surface area contributed by atoms with Crippen LogP contribution in [0.1, 0.15) is 25.2 Å². The number of fused-ring (bicyclic) bond motifs is 1. The fraction of sp³-hybridized carbons (Fsp3) is 0.381. The highest BCUT2D eigenvalue weighted by Gasteiger charge is 2.33. The number of rotatable bonds is 4. The lowest BCUT2D eigenvalue weighted by molar-refractivity contribution is -0.111. The molecule has 1 fully saturated rings. The minimum Gasteiger partial charge on any atom is -0.487 e. The number of ether oxygens (including phenoxy) is 1. The van der Waals surface area contributed by atoms with Gasteiger partial charge in [0.2, 0.25) is 0 Å². The molecular formula is C21H25N5O4S. The van der Waals surface area contributed by atoms with E-state index in [2.05, 4.69) is 15.3 Å². The van der Waals surface area contributed by atoms with Crippen molar-refractivity contribution in [3.8, 4) is 5.75 Å². The van der Waals surface area contributed by atoms with Gasteiger partial charge in [0.05, 0.1) is 28.5 Å². The van der Waals surface area contributed by atoms with Crippen molar-refractivity contribution in [2.45, 2.75) is 25.9 Å². The smallest absolute Gasteiger partial charge is 0.261 e. The van der Waals surface area contributed by atoms with Gasteiger partial charge in [-0.15, -0.1) is 0 Å². The Morgan fingerprint density at radius 1 is 1.23 bits per heavy atom. The summed E-state index contributed by atoms with van der Waals surface area (Å²) < 4.78 is 29.8. The van der Waals surface area contributed by atoms with Crippen LogP contribution in [0.2, 0.25) is 0 Å². The highest BCUT2D eigenvalue weighted by atomic mass is 32.2. The Balaban J connectivity index is 1.68. The topological polar surface area (TPSA) is 128 Å². The number of amides is 1. The van der Waals surface area contributed by atoms with Gasteiger partial charge < -0.3 is 20.7 Å². The Morgan fingerprint density at radius 2 is 1.90 bits per heavy atom. The van der Waals surface area contributed by atoms with E-state index in [4.69, 9.17) is 10.5 Å². The molecule has 1 aromatic heterocycles. The number of hydrogen-bond donors (Lipinski definition) is 2. The van der Waals surface area contributed by atoms with E-state index in [1.54, 1.807) is 6.07 Å². The molecule has 10 heteroatoms. The van der Waals surface area contributed by atoms with Gasteiger partial charge in [0.1, 0.15) is 11.4 Å². The summed E-state index contributed by atoms with van der Waals surface area (Å²) in [6, 6.07) is 5.42. The first-order valence-electron chi connectivity index (χ1n) is 9.99. The number of hydrogen-bond acceptors (Lipinski definition) is 8. The van der Waals surface area contributed by atoms with E-state index in [-0.39, 0.29) is 28.5 Å². The molecule has 1 saturated heterocycles. The monoisotopic (exact) mass is 443 g/mol. The molecule has 1 aromatic carbocycles. The molecule has 164 valence electrons. The van der Waals surface area contributed by atoms with E-state index in [0.29, 0.717) is 30.9 Å². The third-order valence-electron chi connectivity index (χ3n) is 5.33. The van der Waals surface area contributed by atoms with Gasteiger partial charge in [-0.1, -0.05) is 0 Å². The van der Waals surface area contributed by atoms with Crippen LogP contribution in [0.3, 0.4) is 0 Å². The van der Waals surface area contributed by atoms with Crippen molar-refractivity contribution in [3.63, 3.8) is 0 Å². The summed E-state index contributed by atoms with van der Waals surface area (Å²) in [7, 11) is -3.05. The number of benzene rings is 1. The van der Waals surface area contributed by atoms with Crippen LogP contribution >= 0.6 is 0 Å². The predicted octanol–water partition coefficient (Wildman–Crippen LogP) is 1.36. The summed E-state index contributed by atoms with van der Waals surface area (Å²) in [6.07, 6.45) is 4.94. The van der Waals surface area contributed by atoms with Crippen LogP contribution < -0.4 is 20.7 Å². The number of sulfone groups is 1. The molecule has 0 radical (unpaired) electrons. The summed E-state index contributed by atoms with van der Waals surface area (Å²) in [5.74, 6) is 0.648. The molecule has 2 aromatic rings. The molecule has 0 saturated carbocycles. The lowest BCUT2D eigenvalue weighted by Crippen LogP contribution is -2.40. The Kier molecular flexibility index (Phi) is 5.34. The second kappa shape index (κ2) is 7.84. The maximum absolute atomic E-state index is 13.0. The molecule has 1 amide bonds. The van der Waals surface area contributed by atoms with E-state index in [1.165, 1.54) is 18.6 Å². The number of nitrogens with zero attached hydrogens (tertiary/aromatic N) is 3. The number of carbonyl (C=O) groups excluding carboxylic acids is 1. The minimum atomic E-state index is -3.05.